The molecule has 666 valence electrons. The van der Waals surface area contributed by atoms with Crippen LogP contribution < -0.4 is 5.32 Å². The molecule has 4 atom stereocenters. The molecule has 0 saturated heterocycles. The summed E-state index contributed by atoms with van der Waals surface area (Å²) in [5, 5.41) is 30.3. The predicted molar refractivity (Wildman–Crippen MR) is 425 cm³/mol. The van der Waals surface area contributed by atoms with E-state index in [0.717, 1.165) is 89.2 Å². The summed E-state index contributed by atoms with van der Waals surface area (Å²) in [6.45, 7) is 25.9. The summed E-state index contributed by atoms with van der Waals surface area (Å²) in [5.74, 6) is 1.31. The number of aromatic nitrogens is 3. The first kappa shape index (κ1) is 104. The maximum absolute atomic E-state index is 13.2. The van der Waals surface area contributed by atoms with Crippen LogP contribution in [0.1, 0.15) is 160 Å². The van der Waals surface area contributed by atoms with Crippen LogP contribution in [-0.2, 0) is 138 Å². The lowest BCUT2D eigenvalue weighted by Crippen LogP contribution is -2.33. The number of aliphatic hydroxyl groups excluding tert-OH is 1. The van der Waals surface area contributed by atoms with Gasteiger partial charge in [0.15, 0.2) is 0 Å². The largest absolute Gasteiger partial charge is 0.481 e. The molecular formula is C82H156N4O27. The monoisotopic (exact) mass is 1630 g/mol. The van der Waals surface area contributed by atoms with Gasteiger partial charge in [0, 0.05) is 25.5 Å². The normalized spacial score (nSPS) is 15.1. The van der Waals surface area contributed by atoms with Crippen LogP contribution in [0.25, 0.3) is 0 Å². The zero-order valence-electron chi connectivity index (χ0n) is 69.9. The summed E-state index contributed by atoms with van der Waals surface area (Å²) in [7, 11) is 0. The first-order chi connectivity index (χ1) is 56.0. The number of carbonyl (C=O) groups excluding carboxylic acids is 1. The fourth-order valence-corrected chi connectivity index (χ4v) is 12.6. The summed E-state index contributed by atoms with van der Waals surface area (Å²) in [6, 6.07) is 0. The average Bonchev–Trinajstić information content (AvgIpc) is 1.62. The number of carbonyl (C=O) groups is 2. The lowest BCUT2D eigenvalue weighted by molar-refractivity contribution is -0.137. The summed E-state index contributed by atoms with van der Waals surface area (Å²) >= 11 is 0. The average molecular weight is 1630 g/mol. The minimum atomic E-state index is -0.707. The van der Waals surface area contributed by atoms with Crippen LogP contribution in [0.5, 0.6) is 0 Å². The molecule has 3 rings (SSSR count). The van der Waals surface area contributed by atoms with E-state index < -0.39 is 5.97 Å². The SMILES string of the molecule is CCCCCCCCCCCC(CCCCCCCCCCC(=O)O)C(=O)NCCOCCOCCOCCOCCOCCOCCOCCOCCOCCOCCOCCOCCOCCOCCOCCOCCOCCOCCOCCOCCOCCOCCOCCn1nnc2c1CC[C@H]1C(CC2)[C@H]1CO. The molecule has 1 fully saturated rings. The van der Waals surface area contributed by atoms with E-state index in [-0.39, 0.29) is 18.2 Å². The van der Waals surface area contributed by atoms with Crippen LogP contribution in [0.2, 0.25) is 0 Å². The molecule has 1 aromatic heterocycles. The van der Waals surface area contributed by atoms with E-state index in [1.807, 2.05) is 4.68 Å². The van der Waals surface area contributed by atoms with Crippen molar-refractivity contribution in [1.29, 1.82) is 0 Å². The quantitative estimate of drug-likeness (QED) is 0.0519. The summed E-state index contributed by atoms with van der Waals surface area (Å²) in [6.07, 6.45) is 26.3. The Labute approximate surface area is 677 Å². The summed E-state index contributed by atoms with van der Waals surface area (Å²) in [4.78, 5) is 23.9. The predicted octanol–water partition coefficient (Wildman–Crippen LogP) is 8.03. The van der Waals surface area contributed by atoms with Gasteiger partial charge in [0.2, 0.25) is 5.91 Å². The number of unbranched alkanes of at least 4 members (excludes halogenated alkanes) is 15. The fourth-order valence-electron chi connectivity index (χ4n) is 12.6. The van der Waals surface area contributed by atoms with Gasteiger partial charge in [-0.2, -0.15) is 0 Å². The Morgan fingerprint density at radius 2 is 0.593 bits per heavy atom. The molecule has 0 aromatic carbocycles. The number of amides is 1. The van der Waals surface area contributed by atoms with Crippen LogP contribution in [0.15, 0.2) is 0 Å². The minimum Gasteiger partial charge on any atom is -0.481 e. The second kappa shape index (κ2) is 84.2. The van der Waals surface area contributed by atoms with E-state index in [1.54, 1.807) is 0 Å². The molecular weight excluding hydrogens is 1470 g/mol. The number of ether oxygens (including phenoxy) is 23. The Balaban J connectivity index is 0.877. The molecule has 1 amide bonds. The first-order valence-corrected chi connectivity index (χ1v) is 43.3. The van der Waals surface area contributed by atoms with Crippen molar-refractivity contribution in [2.75, 3.05) is 317 Å². The molecule has 0 aliphatic heterocycles. The molecule has 0 radical (unpaired) electrons. The molecule has 1 saturated carbocycles. The molecule has 0 spiro atoms. The summed E-state index contributed by atoms with van der Waals surface area (Å²) in [5.41, 5.74) is 2.34. The van der Waals surface area contributed by atoms with Gasteiger partial charge in [-0.15, -0.1) is 5.10 Å². The topological polar surface area (TPSA) is 330 Å². The second-order valence-corrected chi connectivity index (χ2v) is 27.9. The van der Waals surface area contributed by atoms with E-state index in [9.17, 15) is 14.7 Å². The maximum atomic E-state index is 13.2. The standard InChI is InChI=1S/C82H156N4O27/c1-2-3-4-5-6-7-10-13-16-19-75(20-17-14-11-8-9-12-15-18-21-81(88)89)82(90)83-26-28-91-30-32-93-34-36-95-38-40-97-42-44-99-46-48-101-50-52-103-54-56-105-58-60-107-62-64-109-66-68-111-70-72-113-73-71-112-69-67-110-65-63-108-61-59-106-57-55-104-53-51-102-49-47-100-45-43-98-41-39-96-37-35-94-33-31-92-29-27-86-80-25-23-77-76(78(77)74-87)22-24-79(80)84-85-86/h75-78,87H,2-74H2,1H3,(H,83,90)(H,88,89)/t75?,76?,77-,78+/m0/s1. The van der Waals surface area contributed by atoms with E-state index in [0.29, 0.717) is 341 Å². The molecule has 1 aromatic rings. The highest BCUT2D eigenvalue weighted by Gasteiger charge is 2.49. The molecule has 113 heavy (non-hydrogen) atoms. The van der Waals surface area contributed by atoms with Crippen LogP contribution in [0, 0.1) is 23.7 Å². The number of nitrogens with one attached hydrogen (secondary N) is 1. The third kappa shape index (κ3) is 68.6. The number of rotatable bonds is 95. The van der Waals surface area contributed by atoms with Gasteiger partial charge < -0.3 is 124 Å². The zero-order valence-corrected chi connectivity index (χ0v) is 69.9. The van der Waals surface area contributed by atoms with Gasteiger partial charge in [0.05, 0.1) is 322 Å². The zero-order chi connectivity index (χ0) is 80.2. The smallest absolute Gasteiger partial charge is 0.303 e. The number of fused-ring (bicyclic) bond motifs is 2. The lowest BCUT2D eigenvalue weighted by Gasteiger charge is -2.17. The van der Waals surface area contributed by atoms with Crippen LogP contribution in [0.3, 0.4) is 0 Å². The van der Waals surface area contributed by atoms with Crippen molar-refractivity contribution in [2.45, 2.75) is 168 Å². The number of nitrogens with zero attached hydrogens (tertiary/aromatic N) is 3. The molecule has 31 heteroatoms. The van der Waals surface area contributed by atoms with Gasteiger partial charge in [-0.3, -0.25) is 9.59 Å². The maximum Gasteiger partial charge on any atom is 0.303 e. The Bertz CT molecular complexity index is 2140. The summed E-state index contributed by atoms with van der Waals surface area (Å²) < 4.78 is 130. The number of carboxylic acid groups (broad SMARTS) is 1. The van der Waals surface area contributed by atoms with Gasteiger partial charge in [-0.25, -0.2) is 4.68 Å². The molecule has 3 N–H and O–H groups in total. The van der Waals surface area contributed by atoms with E-state index >= 15 is 0 Å². The van der Waals surface area contributed by atoms with Gasteiger partial charge in [0.1, 0.15) is 0 Å². The van der Waals surface area contributed by atoms with E-state index in [4.69, 9.17) is 114 Å². The molecule has 2 aliphatic rings. The molecule has 0 bridgehead atoms. The van der Waals surface area contributed by atoms with Gasteiger partial charge in [-0.05, 0) is 62.7 Å². The lowest BCUT2D eigenvalue weighted by atomic mass is 9.93. The third-order valence-corrected chi connectivity index (χ3v) is 19.0. The van der Waals surface area contributed by atoms with Crippen molar-refractivity contribution < 1.29 is 129 Å². The highest BCUT2D eigenvalue weighted by molar-refractivity contribution is 5.78. The molecule has 31 nitrogen and oxygen atoms in total. The van der Waals surface area contributed by atoms with E-state index in [2.05, 4.69) is 22.6 Å². The van der Waals surface area contributed by atoms with Crippen molar-refractivity contribution in [3.05, 3.63) is 11.4 Å². The van der Waals surface area contributed by atoms with Gasteiger partial charge >= 0.3 is 5.97 Å². The first-order valence-electron chi connectivity index (χ1n) is 43.3. The van der Waals surface area contributed by atoms with Crippen molar-refractivity contribution >= 4 is 11.9 Å². The second-order valence-electron chi connectivity index (χ2n) is 27.9. The minimum absolute atomic E-state index is 0.0557. The van der Waals surface area contributed by atoms with Crippen molar-refractivity contribution in [3.63, 3.8) is 0 Å². The molecule has 2 unspecified atom stereocenters. The Morgan fingerprint density at radius 1 is 0.345 bits per heavy atom. The highest BCUT2D eigenvalue weighted by atomic mass is 16.6. The van der Waals surface area contributed by atoms with Gasteiger partial charge in [0.25, 0.3) is 0 Å². The number of aliphatic carboxylic acids is 1. The number of hydrogen-bond donors (Lipinski definition) is 3. The van der Waals surface area contributed by atoms with E-state index in [1.165, 1.54) is 69.9 Å². The third-order valence-electron chi connectivity index (χ3n) is 19.0. The Morgan fingerprint density at radius 3 is 0.867 bits per heavy atom. The van der Waals surface area contributed by atoms with Crippen molar-refractivity contribution in [3.8, 4) is 0 Å². The van der Waals surface area contributed by atoms with Gasteiger partial charge in [-0.1, -0.05) is 115 Å². The van der Waals surface area contributed by atoms with Crippen molar-refractivity contribution in [2.24, 2.45) is 23.7 Å². The molecule has 1 heterocycles. The molecule has 2 aliphatic carbocycles. The van der Waals surface area contributed by atoms with Crippen molar-refractivity contribution in [1.82, 2.24) is 20.3 Å². The highest BCUT2D eigenvalue weighted by Crippen LogP contribution is 2.52. The Hall–Kier alpha value is -2.88. The van der Waals surface area contributed by atoms with Crippen LogP contribution in [-0.4, -0.2) is 354 Å². The van der Waals surface area contributed by atoms with Crippen LogP contribution >= 0.6 is 0 Å². The number of carboxylic acids is 1. The number of hydrogen-bond acceptors (Lipinski definition) is 28. The fraction of sp³-hybridized carbons (Fsp3) is 0.951. The number of aliphatic hydroxyl groups is 1. The number of aryl methyl sites for hydroxylation is 1. The van der Waals surface area contributed by atoms with Crippen LogP contribution in [0.4, 0.5) is 0 Å². The Kier molecular flexibility index (Phi) is 77.7.